The number of halogens is 1. The van der Waals surface area contributed by atoms with Gasteiger partial charge in [-0.3, -0.25) is 4.99 Å². The molecule has 0 saturated heterocycles. The minimum absolute atomic E-state index is 0.863. The first-order chi connectivity index (χ1) is 5.72. The smallest absolute Gasteiger partial charge is 0.130 e. The van der Waals surface area contributed by atoms with Crippen LogP contribution in [0.4, 0.5) is 0 Å². The third-order valence-corrected chi connectivity index (χ3v) is 1.95. The monoisotopic (exact) mass is 275 g/mol. The zero-order valence-electron chi connectivity index (χ0n) is 7.00. The fourth-order valence-electron chi connectivity index (χ4n) is 0.672. The van der Waals surface area contributed by atoms with Crippen LogP contribution in [-0.2, 0) is 0 Å². The fraction of sp³-hybridized carbons (Fsp3) is 0.250. The van der Waals surface area contributed by atoms with Crippen molar-refractivity contribution >= 4 is 34.4 Å². The molecule has 1 aromatic rings. The molecule has 1 N–H and O–H groups in total. The largest absolute Gasteiger partial charge is 0.334 e. The molecule has 1 rings (SSSR count). The van der Waals surface area contributed by atoms with Crippen molar-refractivity contribution in [3.8, 4) is 0 Å². The van der Waals surface area contributed by atoms with E-state index in [2.05, 4.69) is 37.6 Å². The SMILES string of the molecule is CN=C(C)/C=C\c1ncc(I)[nH]1. The lowest BCUT2D eigenvalue weighted by Crippen LogP contribution is -1.83. The van der Waals surface area contributed by atoms with Crippen LogP contribution >= 0.6 is 22.6 Å². The Balaban J connectivity index is 2.69. The van der Waals surface area contributed by atoms with Crippen LogP contribution in [0.2, 0.25) is 0 Å². The predicted octanol–water partition coefficient (Wildman–Crippen LogP) is 2.12. The lowest BCUT2D eigenvalue weighted by molar-refractivity contribution is 1.25. The number of allylic oxidation sites excluding steroid dienone is 1. The van der Waals surface area contributed by atoms with Gasteiger partial charge in [0.25, 0.3) is 0 Å². The predicted molar refractivity (Wildman–Crippen MR) is 59.4 cm³/mol. The van der Waals surface area contributed by atoms with Gasteiger partial charge in [0.1, 0.15) is 5.82 Å². The highest BCUT2D eigenvalue weighted by Crippen LogP contribution is 2.01. The minimum Gasteiger partial charge on any atom is -0.334 e. The molecule has 0 amide bonds. The standard InChI is InChI=1S/C8H10IN3/c1-6(10-2)3-4-8-11-5-7(9)12-8/h3-5H,1-2H3,(H,11,12)/b4-3-,10-6?. The fourth-order valence-corrected chi connectivity index (χ4v) is 1.09. The number of nitrogens with one attached hydrogen (secondary N) is 1. The maximum atomic E-state index is 4.12. The molecule has 0 bridgehead atoms. The lowest BCUT2D eigenvalue weighted by atomic mass is 10.3. The summed E-state index contributed by atoms with van der Waals surface area (Å²) >= 11 is 2.18. The molecule has 0 atom stereocenters. The first-order valence-corrected chi connectivity index (χ1v) is 4.62. The van der Waals surface area contributed by atoms with E-state index in [9.17, 15) is 0 Å². The zero-order chi connectivity index (χ0) is 8.97. The van der Waals surface area contributed by atoms with E-state index in [1.54, 1.807) is 13.2 Å². The Kier molecular flexibility index (Phi) is 3.46. The van der Waals surface area contributed by atoms with Crippen LogP contribution in [-0.4, -0.2) is 22.7 Å². The molecular formula is C8H10IN3. The van der Waals surface area contributed by atoms with Crippen LogP contribution in [0.25, 0.3) is 6.08 Å². The number of hydrogen-bond acceptors (Lipinski definition) is 2. The molecule has 0 aliphatic heterocycles. The van der Waals surface area contributed by atoms with Crippen LogP contribution in [0.15, 0.2) is 17.3 Å². The van der Waals surface area contributed by atoms with Crippen molar-refractivity contribution in [1.82, 2.24) is 9.97 Å². The van der Waals surface area contributed by atoms with Crippen molar-refractivity contribution in [2.24, 2.45) is 4.99 Å². The minimum atomic E-state index is 0.863. The molecule has 3 nitrogen and oxygen atoms in total. The summed E-state index contributed by atoms with van der Waals surface area (Å²) in [7, 11) is 1.77. The molecule has 4 heteroatoms. The summed E-state index contributed by atoms with van der Waals surface area (Å²) in [4.78, 5) is 11.2. The Morgan fingerprint density at radius 1 is 1.75 bits per heavy atom. The molecule has 0 unspecified atom stereocenters. The molecular weight excluding hydrogens is 265 g/mol. The summed E-state index contributed by atoms with van der Waals surface area (Å²) < 4.78 is 1.04. The van der Waals surface area contributed by atoms with Gasteiger partial charge in [0.15, 0.2) is 0 Å². The van der Waals surface area contributed by atoms with Gasteiger partial charge in [-0.1, -0.05) is 0 Å². The second-order valence-corrected chi connectivity index (χ2v) is 3.48. The first kappa shape index (κ1) is 9.44. The maximum absolute atomic E-state index is 4.12. The summed E-state index contributed by atoms with van der Waals surface area (Å²) in [6.07, 6.45) is 5.62. The molecule has 12 heavy (non-hydrogen) atoms. The number of hydrogen-bond donors (Lipinski definition) is 1. The van der Waals surface area contributed by atoms with Gasteiger partial charge in [0.2, 0.25) is 0 Å². The number of aliphatic imine (C=N–C) groups is 1. The Hall–Kier alpha value is -0.650. The van der Waals surface area contributed by atoms with Crippen molar-refractivity contribution < 1.29 is 0 Å². The van der Waals surface area contributed by atoms with E-state index in [0.29, 0.717) is 0 Å². The quantitative estimate of drug-likeness (QED) is 0.652. The molecule has 0 fully saturated rings. The van der Waals surface area contributed by atoms with Gasteiger partial charge in [-0.15, -0.1) is 0 Å². The molecule has 64 valence electrons. The number of nitrogens with zero attached hydrogens (tertiary/aromatic N) is 2. The Labute approximate surface area is 85.2 Å². The third kappa shape index (κ3) is 2.77. The number of H-pyrrole nitrogens is 1. The van der Waals surface area contributed by atoms with Gasteiger partial charge >= 0.3 is 0 Å². The van der Waals surface area contributed by atoms with Crippen molar-refractivity contribution in [2.45, 2.75) is 6.92 Å². The van der Waals surface area contributed by atoms with E-state index >= 15 is 0 Å². The Morgan fingerprint density at radius 2 is 2.50 bits per heavy atom. The molecule has 0 aliphatic carbocycles. The highest BCUT2D eigenvalue weighted by molar-refractivity contribution is 14.1. The summed E-state index contributed by atoms with van der Waals surface area (Å²) in [6, 6.07) is 0. The van der Waals surface area contributed by atoms with Crippen molar-refractivity contribution in [1.29, 1.82) is 0 Å². The van der Waals surface area contributed by atoms with Crippen LogP contribution in [0.1, 0.15) is 12.7 Å². The van der Waals surface area contributed by atoms with Crippen LogP contribution in [0.3, 0.4) is 0 Å². The van der Waals surface area contributed by atoms with Crippen LogP contribution in [0.5, 0.6) is 0 Å². The Bertz CT molecular complexity index is 312. The second-order valence-electron chi connectivity index (χ2n) is 2.31. The summed E-state index contributed by atoms with van der Waals surface area (Å²) in [5.74, 6) is 0.863. The number of aromatic nitrogens is 2. The zero-order valence-corrected chi connectivity index (χ0v) is 9.16. The molecule has 0 aliphatic rings. The molecule has 1 heterocycles. The van der Waals surface area contributed by atoms with Crippen LogP contribution in [0, 0.1) is 3.70 Å². The van der Waals surface area contributed by atoms with E-state index in [4.69, 9.17) is 0 Å². The third-order valence-electron chi connectivity index (χ3n) is 1.40. The highest BCUT2D eigenvalue weighted by Gasteiger charge is 1.91. The van der Waals surface area contributed by atoms with Crippen molar-refractivity contribution in [2.75, 3.05) is 7.05 Å². The lowest BCUT2D eigenvalue weighted by Gasteiger charge is -1.85. The van der Waals surface area contributed by atoms with E-state index in [1.165, 1.54) is 0 Å². The average molecular weight is 275 g/mol. The van der Waals surface area contributed by atoms with E-state index in [1.807, 2.05) is 19.1 Å². The van der Waals surface area contributed by atoms with Gasteiger partial charge in [-0.25, -0.2) is 4.98 Å². The van der Waals surface area contributed by atoms with Crippen LogP contribution < -0.4 is 0 Å². The van der Waals surface area contributed by atoms with E-state index in [-0.39, 0.29) is 0 Å². The van der Waals surface area contributed by atoms with Gasteiger partial charge in [0, 0.05) is 12.8 Å². The first-order valence-electron chi connectivity index (χ1n) is 3.54. The molecule has 0 radical (unpaired) electrons. The van der Waals surface area contributed by atoms with Gasteiger partial charge in [-0.05, 0) is 41.7 Å². The average Bonchev–Trinajstić information content (AvgIpc) is 2.47. The topological polar surface area (TPSA) is 41.0 Å². The van der Waals surface area contributed by atoms with Crippen molar-refractivity contribution in [3.05, 3.63) is 21.8 Å². The molecule has 1 aromatic heterocycles. The van der Waals surface area contributed by atoms with E-state index < -0.39 is 0 Å². The number of rotatable bonds is 2. The van der Waals surface area contributed by atoms with Crippen molar-refractivity contribution in [3.63, 3.8) is 0 Å². The molecule has 0 spiro atoms. The molecule has 0 saturated carbocycles. The summed E-state index contributed by atoms with van der Waals surface area (Å²) in [5.41, 5.74) is 0.987. The van der Waals surface area contributed by atoms with Gasteiger partial charge in [-0.2, -0.15) is 0 Å². The molecule has 0 aromatic carbocycles. The second kappa shape index (κ2) is 4.39. The summed E-state index contributed by atoms with van der Waals surface area (Å²) in [5, 5.41) is 0. The van der Waals surface area contributed by atoms with Gasteiger partial charge < -0.3 is 4.98 Å². The van der Waals surface area contributed by atoms with E-state index in [0.717, 1.165) is 15.2 Å². The van der Waals surface area contributed by atoms with Gasteiger partial charge in [0.05, 0.1) is 9.90 Å². The normalized spacial score (nSPS) is 12.8. The summed E-state index contributed by atoms with van der Waals surface area (Å²) in [6.45, 7) is 1.95. The Morgan fingerprint density at radius 3 is 3.00 bits per heavy atom. The highest BCUT2D eigenvalue weighted by atomic mass is 127. The number of aromatic amines is 1. The number of imidazole rings is 1. The maximum Gasteiger partial charge on any atom is 0.130 e.